The zero-order valence-electron chi connectivity index (χ0n) is 14.7. The molecule has 0 saturated carbocycles. The molecule has 1 atom stereocenters. The molecule has 1 N–H and O–H groups in total. The molecule has 0 bridgehead atoms. The number of nitrogens with zero attached hydrogens (tertiary/aromatic N) is 2. The van der Waals surface area contributed by atoms with Crippen LogP contribution >= 0.6 is 11.3 Å². The zero-order valence-corrected chi connectivity index (χ0v) is 15.5. The van der Waals surface area contributed by atoms with Crippen molar-refractivity contribution in [2.45, 2.75) is 20.0 Å². The molecule has 26 heavy (non-hydrogen) atoms. The number of hydrogen-bond donors (Lipinski definition) is 1. The van der Waals surface area contributed by atoms with Crippen molar-refractivity contribution >= 4 is 22.4 Å². The number of rotatable bonds is 6. The highest BCUT2D eigenvalue weighted by Gasteiger charge is 2.17. The van der Waals surface area contributed by atoms with E-state index in [9.17, 15) is 4.79 Å². The molecule has 0 saturated heterocycles. The van der Waals surface area contributed by atoms with Gasteiger partial charge in [0.1, 0.15) is 16.5 Å². The Morgan fingerprint density at radius 2 is 1.85 bits per heavy atom. The summed E-state index contributed by atoms with van der Waals surface area (Å²) in [5, 5.41) is 12.1. The van der Waals surface area contributed by atoms with Gasteiger partial charge in [0.15, 0.2) is 6.10 Å². The lowest BCUT2D eigenvalue weighted by Gasteiger charge is -2.14. The van der Waals surface area contributed by atoms with E-state index in [0.717, 1.165) is 10.6 Å². The van der Waals surface area contributed by atoms with E-state index in [2.05, 4.69) is 15.5 Å². The van der Waals surface area contributed by atoms with Gasteiger partial charge >= 0.3 is 0 Å². The van der Waals surface area contributed by atoms with Crippen LogP contribution in [0.25, 0.3) is 10.6 Å². The molecular weight excluding hydrogens is 350 g/mol. The Morgan fingerprint density at radius 3 is 2.58 bits per heavy atom. The number of carbonyl (C=O) groups is 1. The minimum Gasteiger partial charge on any atom is -0.497 e. The van der Waals surface area contributed by atoms with Crippen molar-refractivity contribution in [1.29, 1.82) is 0 Å². The number of aryl methyl sites for hydroxylation is 1. The summed E-state index contributed by atoms with van der Waals surface area (Å²) in [5.41, 5.74) is 2.14. The fourth-order valence-corrected chi connectivity index (χ4v) is 2.98. The smallest absolute Gasteiger partial charge is 0.266 e. The number of aromatic nitrogens is 2. The van der Waals surface area contributed by atoms with Gasteiger partial charge in [0.2, 0.25) is 5.13 Å². The van der Waals surface area contributed by atoms with Gasteiger partial charge in [-0.2, -0.15) is 0 Å². The molecule has 0 aliphatic carbocycles. The summed E-state index contributed by atoms with van der Waals surface area (Å²) in [4.78, 5) is 12.3. The largest absolute Gasteiger partial charge is 0.497 e. The highest BCUT2D eigenvalue weighted by atomic mass is 32.1. The second kappa shape index (κ2) is 7.97. The number of anilines is 1. The molecule has 134 valence electrons. The number of amides is 1. The summed E-state index contributed by atoms with van der Waals surface area (Å²) in [6.45, 7) is 3.70. The Kier molecular flexibility index (Phi) is 5.48. The van der Waals surface area contributed by atoms with Gasteiger partial charge in [-0.25, -0.2) is 0 Å². The maximum Gasteiger partial charge on any atom is 0.266 e. The number of hydrogen-bond acceptors (Lipinski definition) is 6. The molecule has 2 aromatic carbocycles. The van der Waals surface area contributed by atoms with E-state index in [-0.39, 0.29) is 5.91 Å². The minimum absolute atomic E-state index is 0.292. The Morgan fingerprint density at radius 1 is 1.12 bits per heavy atom. The quantitative estimate of drug-likeness (QED) is 0.713. The van der Waals surface area contributed by atoms with Gasteiger partial charge in [-0.05, 0) is 26.0 Å². The maximum atomic E-state index is 12.3. The molecule has 0 radical (unpaired) electrons. The van der Waals surface area contributed by atoms with E-state index in [1.165, 1.54) is 16.9 Å². The Hall–Kier alpha value is -2.93. The molecule has 3 rings (SSSR count). The molecule has 1 heterocycles. The summed E-state index contributed by atoms with van der Waals surface area (Å²) < 4.78 is 10.8. The first-order valence-corrected chi connectivity index (χ1v) is 8.89. The number of benzene rings is 2. The molecule has 0 aliphatic heterocycles. The van der Waals surface area contributed by atoms with E-state index in [4.69, 9.17) is 9.47 Å². The van der Waals surface area contributed by atoms with Crippen LogP contribution in [0.4, 0.5) is 5.13 Å². The lowest BCUT2D eigenvalue weighted by atomic mass is 10.2. The molecule has 0 spiro atoms. The summed E-state index contributed by atoms with van der Waals surface area (Å²) in [6, 6.07) is 15.1. The summed E-state index contributed by atoms with van der Waals surface area (Å²) in [6.07, 6.45) is -0.686. The molecule has 0 unspecified atom stereocenters. The van der Waals surface area contributed by atoms with Gasteiger partial charge in [0, 0.05) is 11.6 Å². The number of nitrogens with one attached hydrogen (secondary N) is 1. The normalized spacial score (nSPS) is 11.7. The maximum absolute atomic E-state index is 12.3. The minimum atomic E-state index is -0.686. The standard InChI is InChI=1S/C19H19N3O3S/c1-12-7-9-14(10-8-12)18-21-22-19(26-18)20-17(23)13(2)25-16-6-4-5-15(11-16)24-3/h4-11,13H,1-3H3,(H,20,22,23)/t13-/m0/s1. The lowest BCUT2D eigenvalue weighted by Crippen LogP contribution is -2.30. The topological polar surface area (TPSA) is 73.3 Å². The fourth-order valence-electron chi connectivity index (χ4n) is 2.23. The average molecular weight is 369 g/mol. The highest BCUT2D eigenvalue weighted by Crippen LogP contribution is 2.27. The van der Waals surface area contributed by atoms with Gasteiger partial charge in [0.05, 0.1) is 7.11 Å². The van der Waals surface area contributed by atoms with Crippen molar-refractivity contribution in [2.24, 2.45) is 0 Å². The van der Waals surface area contributed by atoms with Crippen LogP contribution in [0.3, 0.4) is 0 Å². The van der Waals surface area contributed by atoms with E-state index < -0.39 is 6.10 Å². The van der Waals surface area contributed by atoms with E-state index in [1.807, 2.05) is 37.3 Å². The first kappa shape index (κ1) is 17.9. The molecular formula is C19H19N3O3S. The van der Waals surface area contributed by atoms with Crippen LogP contribution in [-0.4, -0.2) is 29.3 Å². The van der Waals surface area contributed by atoms with Crippen LogP contribution in [-0.2, 0) is 4.79 Å². The van der Waals surface area contributed by atoms with E-state index in [1.54, 1.807) is 32.2 Å². The third kappa shape index (κ3) is 4.37. The fraction of sp³-hybridized carbons (Fsp3) is 0.211. The zero-order chi connectivity index (χ0) is 18.5. The van der Waals surface area contributed by atoms with Crippen molar-refractivity contribution in [3.8, 4) is 22.1 Å². The van der Waals surface area contributed by atoms with Crippen molar-refractivity contribution in [3.05, 3.63) is 54.1 Å². The van der Waals surface area contributed by atoms with Crippen molar-refractivity contribution < 1.29 is 14.3 Å². The van der Waals surface area contributed by atoms with E-state index >= 15 is 0 Å². The van der Waals surface area contributed by atoms with Crippen molar-refractivity contribution in [3.63, 3.8) is 0 Å². The first-order chi connectivity index (χ1) is 12.5. The second-order valence-corrected chi connectivity index (χ2v) is 6.68. The molecule has 0 fully saturated rings. The second-order valence-electron chi connectivity index (χ2n) is 5.71. The summed E-state index contributed by atoms with van der Waals surface area (Å²) in [5.74, 6) is 0.936. The van der Waals surface area contributed by atoms with Gasteiger partial charge < -0.3 is 9.47 Å². The van der Waals surface area contributed by atoms with Gasteiger partial charge in [-0.15, -0.1) is 10.2 Å². The molecule has 1 amide bonds. The molecule has 3 aromatic rings. The number of methoxy groups -OCH3 is 1. The lowest BCUT2D eigenvalue weighted by molar-refractivity contribution is -0.122. The summed E-state index contributed by atoms with van der Waals surface area (Å²) >= 11 is 1.32. The third-order valence-electron chi connectivity index (χ3n) is 3.68. The van der Waals surface area contributed by atoms with Gasteiger partial charge in [-0.3, -0.25) is 10.1 Å². The van der Waals surface area contributed by atoms with Crippen LogP contribution in [0.2, 0.25) is 0 Å². The van der Waals surface area contributed by atoms with Gasteiger partial charge in [0.25, 0.3) is 5.91 Å². The molecule has 0 aliphatic rings. The van der Waals surface area contributed by atoms with E-state index in [0.29, 0.717) is 16.6 Å². The van der Waals surface area contributed by atoms with Crippen LogP contribution in [0.5, 0.6) is 11.5 Å². The summed E-state index contributed by atoms with van der Waals surface area (Å²) in [7, 11) is 1.58. The Bertz CT molecular complexity index is 893. The monoisotopic (exact) mass is 369 g/mol. The van der Waals surface area contributed by atoms with Crippen LogP contribution < -0.4 is 14.8 Å². The Balaban J connectivity index is 1.63. The third-order valence-corrected chi connectivity index (χ3v) is 4.56. The predicted molar refractivity (Wildman–Crippen MR) is 102 cm³/mol. The van der Waals surface area contributed by atoms with Crippen LogP contribution in [0, 0.1) is 6.92 Å². The average Bonchev–Trinajstić information content (AvgIpc) is 3.11. The molecule has 6 nitrogen and oxygen atoms in total. The number of carbonyl (C=O) groups excluding carboxylic acids is 1. The predicted octanol–water partition coefficient (Wildman–Crippen LogP) is 3.93. The van der Waals surface area contributed by atoms with Crippen molar-refractivity contribution in [1.82, 2.24) is 10.2 Å². The highest BCUT2D eigenvalue weighted by molar-refractivity contribution is 7.18. The first-order valence-electron chi connectivity index (χ1n) is 8.07. The molecule has 1 aromatic heterocycles. The van der Waals surface area contributed by atoms with Crippen LogP contribution in [0.1, 0.15) is 12.5 Å². The van der Waals surface area contributed by atoms with Crippen molar-refractivity contribution in [2.75, 3.05) is 12.4 Å². The van der Waals surface area contributed by atoms with Gasteiger partial charge in [-0.1, -0.05) is 47.2 Å². The SMILES string of the molecule is COc1cccc(O[C@@H](C)C(=O)Nc2nnc(-c3ccc(C)cc3)s2)c1. The number of ether oxygens (including phenoxy) is 2. The molecule has 7 heteroatoms. The van der Waals surface area contributed by atoms with Crippen LogP contribution in [0.15, 0.2) is 48.5 Å². The Labute approximate surface area is 155 Å².